The molecule has 3 heterocycles. The summed E-state index contributed by atoms with van der Waals surface area (Å²) in [6, 6.07) is 11.8. The van der Waals surface area contributed by atoms with Gasteiger partial charge in [0.05, 0.1) is 22.8 Å². The van der Waals surface area contributed by atoms with E-state index >= 15 is 4.39 Å². The molecule has 32 heavy (non-hydrogen) atoms. The van der Waals surface area contributed by atoms with Crippen LogP contribution in [-0.4, -0.2) is 40.2 Å². The van der Waals surface area contributed by atoms with E-state index in [2.05, 4.69) is 25.7 Å². The molecule has 0 unspecified atom stereocenters. The van der Waals surface area contributed by atoms with Crippen molar-refractivity contribution in [2.24, 2.45) is 14.1 Å². The quantitative estimate of drug-likeness (QED) is 0.452. The number of fused-ring (bicyclic) bond motifs is 1. The van der Waals surface area contributed by atoms with Crippen LogP contribution in [0.2, 0.25) is 0 Å². The zero-order valence-electron chi connectivity index (χ0n) is 17.1. The number of aromatic amines is 1. The number of carbonyl (C=O) groups excluding carboxylic acids is 1. The second kappa shape index (κ2) is 7.30. The van der Waals surface area contributed by atoms with Crippen LogP contribution < -0.4 is 11.0 Å². The zero-order valence-corrected chi connectivity index (χ0v) is 17.1. The van der Waals surface area contributed by atoms with E-state index in [-0.39, 0.29) is 16.8 Å². The highest BCUT2D eigenvalue weighted by Crippen LogP contribution is 2.31. The van der Waals surface area contributed by atoms with Gasteiger partial charge in [-0.1, -0.05) is 12.1 Å². The van der Waals surface area contributed by atoms with Gasteiger partial charge in [0.25, 0.3) is 5.91 Å². The second-order valence-corrected chi connectivity index (χ2v) is 7.17. The molecule has 5 aromatic rings. The van der Waals surface area contributed by atoms with Crippen LogP contribution >= 0.6 is 0 Å². The van der Waals surface area contributed by atoms with Gasteiger partial charge in [0, 0.05) is 25.7 Å². The fourth-order valence-corrected chi connectivity index (χ4v) is 3.57. The number of aryl methyl sites for hydroxylation is 2. The van der Waals surface area contributed by atoms with E-state index in [0.29, 0.717) is 28.1 Å². The predicted molar refractivity (Wildman–Crippen MR) is 115 cm³/mol. The number of hydrogen-bond donors (Lipinski definition) is 2. The van der Waals surface area contributed by atoms with Crippen molar-refractivity contribution in [2.45, 2.75) is 0 Å². The monoisotopic (exact) mass is 432 g/mol. The molecule has 0 aliphatic carbocycles. The lowest BCUT2D eigenvalue weighted by Crippen LogP contribution is -2.21. The van der Waals surface area contributed by atoms with Crippen LogP contribution in [0.3, 0.4) is 0 Å². The lowest BCUT2D eigenvalue weighted by atomic mass is 10.0. The van der Waals surface area contributed by atoms with Gasteiger partial charge in [0.1, 0.15) is 18.0 Å². The van der Waals surface area contributed by atoms with Crippen molar-refractivity contribution >= 4 is 22.6 Å². The minimum absolute atomic E-state index is 0.0324. The lowest BCUT2D eigenvalue weighted by Gasteiger charge is -2.08. The van der Waals surface area contributed by atoms with Gasteiger partial charge in [0.15, 0.2) is 5.69 Å². The molecule has 3 aromatic heterocycles. The predicted octanol–water partition coefficient (Wildman–Crippen LogP) is 2.24. The normalized spacial score (nSPS) is 11.2. The number of carbonyl (C=O) groups is 1. The number of rotatable bonds is 4. The summed E-state index contributed by atoms with van der Waals surface area (Å²) in [7, 11) is 3.21. The average Bonchev–Trinajstić information content (AvgIpc) is 3.50. The Hall–Kier alpha value is -4.54. The summed E-state index contributed by atoms with van der Waals surface area (Å²) in [4.78, 5) is 24.8. The van der Waals surface area contributed by atoms with Crippen molar-refractivity contribution in [1.82, 2.24) is 34.3 Å². The fraction of sp³-hybridized carbons (Fsp3) is 0.0952. The zero-order chi connectivity index (χ0) is 22.4. The summed E-state index contributed by atoms with van der Waals surface area (Å²) in [5, 5.41) is 17.3. The molecule has 5 rings (SSSR count). The molecule has 0 atom stereocenters. The van der Waals surface area contributed by atoms with Crippen molar-refractivity contribution in [3.05, 3.63) is 77.0 Å². The minimum Gasteiger partial charge on any atom is -0.306 e. The first kappa shape index (κ1) is 19.4. The molecule has 0 fully saturated rings. The molecule has 11 heteroatoms. The summed E-state index contributed by atoms with van der Waals surface area (Å²) < 4.78 is 19.7. The van der Waals surface area contributed by atoms with Crippen LogP contribution in [0, 0.1) is 5.82 Å². The van der Waals surface area contributed by atoms with Crippen molar-refractivity contribution in [2.75, 3.05) is 5.32 Å². The van der Waals surface area contributed by atoms with Crippen LogP contribution in [0.5, 0.6) is 0 Å². The highest BCUT2D eigenvalue weighted by atomic mass is 19.1. The largest absolute Gasteiger partial charge is 0.350 e. The molecule has 160 valence electrons. The SMILES string of the molecule is Cn1ncn(-c2ccc(-c3ccc4c(c(C(=O)Nc5ccn[nH]5)nn4C)c3F)cc2)c1=O. The molecule has 0 bridgehead atoms. The Kier molecular flexibility index (Phi) is 4.43. The molecule has 2 aromatic carbocycles. The molecular formula is C21H17FN8O2. The Morgan fingerprint density at radius 3 is 2.50 bits per heavy atom. The lowest BCUT2D eigenvalue weighted by molar-refractivity contribution is 0.102. The third-order valence-electron chi connectivity index (χ3n) is 5.20. The van der Waals surface area contributed by atoms with E-state index in [0.717, 1.165) is 0 Å². The highest BCUT2D eigenvalue weighted by molar-refractivity contribution is 6.11. The number of nitrogens with zero attached hydrogens (tertiary/aromatic N) is 6. The summed E-state index contributed by atoms with van der Waals surface area (Å²) in [5.74, 6) is -0.731. The summed E-state index contributed by atoms with van der Waals surface area (Å²) in [6.45, 7) is 0. The second-order valence-electron chi connectivity index (χ2n) is 7.17. The number of halogens is 1. The highest BCUT2D eigenvalue weighted by Gasteiger charge is 2.22. The van der Waals surface area contributed by atoms with Crippen molar-refractivity contribution in [1.29, 1.82) is 0 Å². The Balaban J connectivity index is 1.56. The van der Waals surface area contributed by atoms with E-state index in [9.17, 15) is 9.59 Å². The average molecular weight is 432 g/mol. The maximum atomic E-state index is 15.6. The number of aromatic nitrogens is 7. The van der Waals surface area contributed by atoms with Crippen molar-refractivity contribution in [3.63, 3.8) is 0 Å². The molecule has 0 saturated heterocycles. The molecule has 2 N–H and O–H groups in total. The standard InChI is InChI=1S/C21H17FN8O2/c1-28-15-8-7-14(12-3-5-13(6-4-12)30-11-24-29(2)21(30)32)18(22)17(15)19(27-28)20(31)25-16-9-10-23-26-16/h3-11H,1-2H3,(H2,23,25,26,31). The van der Waals surface area contributed by atoms with Gasteiger partial charge >= 0.3 is 5.69 Å². The smallest absolute Gasteiger partial charge is 0.306 e. The first-order chi connectivity index (χ1) is 15.4. The van der Waals surface area contributed by atoms with Crippen LogP contribution in [-0.2, 0) is 14.1 Å². The van der Waals surface area contributed by atoms with Crippen LogP contribution in [0.25, 0.3) is 27.7 Å². The summed E-state index contributed by atoms with van der Waals surface area (Å²) >= 11 is 0. The van der Waals surface area contributed by atoms with Crippen LogP contribution in [0.4, 0.5) is 10.2 Å². The number of benzene rings is 2. The van der Waals surface area contributed by atoms with E-state index in [4.69, 9.17) is 0 Å². The maximum Gasteiger partial charge on any atom is 0.350 e. The Morgan fingerprint density at radius 1 is 1.06 bits per heavy atom. The molecule has 0 radical (unpaired) electrons. The molecule has 10 nitrogen and oxygen atoms in total. The first-order valence-corrected chi connectivity index (χ1v) is 9.61. The molecular weight excluding hydrogens is 415 g/mol. The topological polar surface area (TPSA) is 115 Å². The molecule has 0 saturated carbocycles. The minimum atomic E-state index is -0.559. The Morgan fingerprint density at radius 2 is 1.84 bits per heavy atom. The van der Waals surface area contributed by atoms with Crippen molar-refractivity contribution < 1.29 is 9.18 Å². The van der Waals surface area contributed by atoms with E-state index in [1.807, 2.05) is 0 Å². The van der Waals surface area contributed by atoms with E-state index in [1.54, 1.807) is 56.6 Å². The Bertz CT molecular complexity index is 1510. The third-order valence-corrected chi connectivity index (χ3v) is 5.20. The van der Waals surface area contributed by atoms with Crippen molar-refractivity contribution in [3.8, 4) is 16.8 Å². The van der Waals surface area contributed by atoms with E-state index in [1.165, 1.54) is 26.5 Å². The van der Waals surface area contributed by atoms with Gasteiger partial charge in [0.2, 0.25) is 0 Å². The van der Waals surface area contributed by atoms with Crippen LogP contribution in [0.1, 0.15) is 10.5 Å². The summed E-state index contributed by atoms with van der Waals surface area (Å²) in [6.07, 6.45) is 2.91. The summed E-state index contributed by atoms with van der Waals surface area (Å²) in [5.41, 5.74) is 1.68. The molecule has 0 aliphatic rings. The van der Waals surface area contributed by atoms with Gasteiger partial charge < -0.3 is 5.32 Å². The van der Waals surface area contributed by atoms with E-state index < -0.39 is 11.7 Å². The van der Waals surface area contributed by atoms with Gasteiger partial charge in [-0.05, 0) is 29.8 Å². The molecule has 0 spiro atoms. The van der Waals surface area contributed by atoms with Gasteiger partial charge in [-0.15, -0.1) is 0 Å². The number of anilines is 1. The molecule has 0 aliphatic heterocycles. The van der Waals surface area contributed by atoms with Gasteiger partial charge in [-0.3, -0.25) is 14.6 Å². The van der Waals surface area contributed by atoms with Gasteiger partial charge in [-0.25, -0.2) is 18.4 Å². The van der Waals surface area contributed by atoms with Crippen LogP contribution in [0.15, 0.2) is 59.8 Å². The third kappa shape index (κ3) is 3.07. The molecule has 1 amide bonds. The fourth-order valence-electron chi connectivity index (χ4n) is 3.57. The maximum absolute atomic E-state index is 15.6. The number of hydrogen-bond acceptors (Lipinski definition) is 5. The van der Waals surface area contributed by atoms with Gasteiger partial charge in [-0.2, -0.15) is 15.3 Å². The Labute approximate surface area is 179 Å². The number of nitrogens with one attached hydrogen (secondary N) is 2. The number of amides is 1. The number of H-pyrrole nitrogens is 1. The first-order valence-electron chi connectivity index (χ1n) is 9.61.